The summed E-state index contributed by atoms with van der Waals surface area (Å²) < 4.78 is 66.7. The van der Waals surface area contributed by atoms with Crippen LogP contribution in [0, 0.1) is 24.7 Å². The molecule has 0 fully saturated rings. The Kier molecular flexibility index (Phi) is 11.4. The van der Waals surface area contributed by atoms with Gasteiger partial charge in [0.05, 0.1) is 5.48 Å². The first kappa shape index (κ1) is 44.0. The van der Waals surface area contributed by atoms with Crippen LogP contribution in [-0.4, -0.2) is 9.55 Å². The molecule has 1 aliphatic carbocycles. The molecule has 0 amide bonds. The zero-order valence-corrected chi connectivity index (χ0v) is 46.9. The molecule has 0 N–H and O–H groups in total. The molecule has 3 heterocycles. The van der Waals surface area contributed by atoms with E-state index < -0.39 is 12.3 Å². The van der Waals surface area contributed by atoms with Gasteiger partial charge >= 0.3 is 0 Å². The zero-order valence-electron chi connectivity index (χ0n) is 50.6. The summed E-state index contributed by atoms with van der Waals surface area (Å²) >= 11 is 0. The Morgan fingerprint density at radius 3 is 2.12 bits per heavy atom. The number of fused-ring (bicyclic) bond motifs is 5. The van der Waals surface area contributed by atoms with Gasteiger partial charge in [-0.15, -0.1) is 48.1 Å². The minimum Gasteiger partial charge on any atom is -0.509 e. The number of anilines is 4. The van der Waals surface area contributed by atoms with E-state index in [4.69, 9.17) is 9.72 Å². The average molecular weight is 1180 g/mol. The van der Waals surface area contributed by atoms with Crippen LogP contribution in [0.1, 0.15) is 106 Å². The summed E-state index contributed by atoms with van der Waals surface area (Å²) in [6, 6.07) is 56.3. The van der Waals surface area contributed by atoms with Gasteiger partial charge in [0, 0.05) is 75.2 Å². The molecule has 12 rings (SSSR count). The monoisotopic (exact) mass is 1180 g/mol. The van der Waals surface area contributed by atoms with Gasteiger partial charge in [-0.25, -0.2) is 4.98 Å². The number of hydrogen-bond acceptors (Lipinski definition) is 4. The van der Waals surface area contributed by atoms with Crippen LogP contribution in [-0.2, 0) is 43.7 Å². The normalized spacial score (nSPS) is 16.0. The van der Waals surface area contributed by atoms with Crippen LogP contribution < -0.4 is 14.5 Å². The predicted octanol–water partition coefficient (Wildman–Crippen LogP) is 18.8. The Labute approximate surface area is 472 Å². The molecule has 0 radical (unpaired) electrons. The SMILES string of the molecule is [2H]c1c([2H])c(-c2ccccc2)c([2H])c(-c2cc(C([2H])([2H])C(C)C)cc(-c3ccc4c(c3)C(C)(C)CCC4(C)C)c2N2[CH-]N(c3[c-]c(Oc4[c-]c5c(cc4)c4ccccc4n5-c4cc(C(C)(C)C)ccn4)ccc3)c3ccccc32)c1[2H].[Pt]. The van der Waals surface area contributed by atoms with Gasteiger partial charge in [-0.3, -0.25) is 0 Å². The van der Waals surface area contributed by atoms with E-state index in [9.17, 15) is 8.22 Å². The van der Waals surface area contributed by atoms with Crippen LogP contribution in [0.2, 0.25) is 0 Å². The maximum absolute atomic E-state index is 10.1. The first-order chi connectivity index (χ1) is 38.5. The summed E-state index contributed by atoms with van der Waals surface area (Å²) in [6.45, 7) is 21.5. The second-order valence-electron chi connectivity index (χ2n) is 22.8. The second kappa shape index (κ2) is 19.7. The third kappa shape index (κ3) is 9.36. The van der Waals surface area contributed by atoms with Gasteiger partial charge in [-0.05, 0) is 140 Å². The van der Waals surface area contributed by atoms with Crippen LogP contribution in [0.4, 0.5) is 22.7 Å². The average Bonchev–Trinajstić information content (AvgIpc) is 2.54. The fourth-order valence-corrected chi connectivity index (χ4v) is 11.1. The fourth-order valence-electron chi connectivity index (χ4n) is 11.1. The molecule has 10 aromatic rings. The minimum atomic E-state index is -1.86. The molecule has 5 nitrogen and oxygen atoms in total. The summed E-state index contributed by atoms with van der Waals surface area (Å²) in [5, 5.41) is 2.11. The predicted molar refractivity (Wildman–Crippen MR) is 313 cm³/mol. The van der Waals surface area contributed by atoms with E-state index in [2.05, 4.69) is 123 Å². The number of para-hydroxylation sites is 3. The Morgan fingerprint density at radius 2 is 1.36 bits per heavy atom. The molecule has 0 bridgehead atoms. The first-order valence-corrected chi connectivity index (χ1v) is 26.2. The molecule has 384 valence electrons. The molecular formula is C70H65N4OPt-3. The fraction of sp³-hybridized carbons (Fsp3) is 0.229. The third-order valence-electron chi connectivity index (χ3n) is 15.2. The van der Waals surface area contributed by atoms with E-state index >= 15 is 0 Å². The Balaban J connectivity index is 0.00000705. The van der Waals surface area contributed by atoms with Crippen LogP contribution in [0.3, 0.4) is 0 Å². The summed E-state index contributed by atoms with van der Waals surface area (Å²) in [6.07, 6.45) is 2.04. The van der Waals surface area contributed by atoms with E-state index in [0.29, 0.717) is 45.1 Å². The maximum atomic E-state index is 10.1. The molecule has 0 saturated carbocycles. The minimum absolute atomic E-state index is 0. The summed E-state index contributed by atoms with van der Waals surface area (Å²) in [7, 11) is 0. The van der Waals surface area contributed by atoms with Crippen molar-refractivity contribution in [2.45, 2.75) is 97.8 Å². The Morgan fingerprint density at radius 1 is 0.671 bits per heavy atom. The van der Waals surface area contributed by atoms with Crippen molar-refractivity contribution in [2.75, 3.05) is 9.80 Å². The molecule has 0 spiro atoms. The van der Waals surface area contributed by atoms with Crippen molar-refractivity contribution in [1.82, 2.24) is 9.55 Å². The van der Waals surface area contributed by atoms with Crippen molar-refractivity contribution in [3.63, 3.8) is 0 Å². The molecule has 0 saturated heterocycles. The first-order valence-electron chi connectivity index (χ1n) is 29.2. The molecule has 76 heavy (non-hydrogen) atoms. The number of pyridine rings is 1. The summed E-state index contributed by atoms with van der Waals surface area (Å²) in [5.41, 5.74) is 11.4. The molecule has 2 aromatic heterocycles. The van der Waals surface area contributed by atoms with Gasteiger partial charge in [-0.2, -0.15) is 12.1 Å². The van der Waals surface area contributed by atoms with Crippen molar-refractivity contribution >= 4 is 44.6 Å². The number of rotatable bonds is 10. The molecule has 8 aromatic carbocycles. The van der Waals surface area contributed by atoms with Gasteiger partial charge in [0.15, 0.2) is 0 Å². The molecular weight excluding hydrogens is 1110 g/mol. The molecule has 0 unspecified atom stereocenters. The molecule has 0 atom stereocenters. The van der Waals surface area contributed by atoms with E-state index in [0.717, 1.165) is 57.4 Å². The number of nitrogens with zero attached hydrogens (tertiary/aromatic N) is 4. The van der Waals surface area contributed by atoms with Gasteiger partial charge < -0.3 is 19.1 Å². The smallest absolute Gasteiger partial charge is 0.135 e. The molecule has 2 aliphatic rings. The van der Waals surface area contributed by atoms with Crippen molar-refractivity contribution in [2.24, 2.45) is 5.92 Å². The van der Waals surface area contributed by atoms with Crippen molar-refractivity contribution < 1.29 is 34.0 Å². The maximum Gasteiger partial charge on any atom is 0.135 e. The van der Waals surface area contributed by atoms with Crippen LogP contribution >= 0.6 is 0 Å². The topological polar surface area (TPSA) is 33.5 Å². The number of aromatic nitrogens is 2. The summed E-state index contributed by atoms with van der Waals surface area (Å²) in [5.74, 6) is 1.32. The Hall–Kier alpha value is -7.20. The zero-order chi connectivity index (χ0) is 57.1. The quantitative estimate of drug-likeness (QED) is 0.128. The number of hydrogen-bond donors (Lipinski definition) is 0. The van der Waals surface area contributed by atoms with Gasteiger partial charge in [0.2, 0.25) is 0 Å². The van der Waals surface area contributed by atoms with Crippen LogP contribution in [0.15, 0.2) is 182 Å². The van der Waals surface area contributed by atoms with Gasteiger partial charge in [-0.1, -0.05) is 165 Å². The van der Waals surface area contributed by atoms with Crippen LogP contribution in [0.25, 0.3) is 61.0 Å². The van der Waals surface area contributed by atoms with E-state index in [1.54, 1.807) is 6.07 Å². The van der Waals surface area contributed by atoms with E-state index in [1.165, 1.54) is 16.7 Å². The Bertz CT molecular complexity index is 4140. The van der Waals surface area contributed by atoms with Crippen LogP contribution in [0.5, 0.6) is 11.5 Å². The largest absolute Gasteiger partial charge is 0.509 e. The summed E-state index contributed by atoms with van der Waals surface area (Å²) in [4.78, 5) is 9.00. The van der Waals surface area contributed by atoms with E-state index in [-0.39, 0.29) is 72.6 Å². The number of ether oxygens (including phenoxy) is 1. The standard InChI is InChI=1S/C70H65N4O.Pt/c1-46(2)37-47-38-58(50-22-17-21-49(40-50)48-19-11-10-12-20-48)67(59(39-47)51-29-32-60-61(41-51)70(8,9)35-34-69(60,6)7)73-45-72(63-27-15-16-28-64(63)73)53-23-18-24-54(43-53)75-55-30-31-57-56-25-13-14-26-62(56)74(65(57)44-55)66-42-52(33-36-71-66)68(3,4)5;/h10-33,36,38-42,45-46H,34-35,37H2,1-9H3;/q-3;/i17D,21D,22D,37D2,40D;. The van der Waals surface area contributed by atoms with Gasteiger partial charge in [0.1, 0.15) is 5.82 Å². The number of benzene rings is 8. The van der Waals surface area contributed by atoms with Crippen molar-refractivity contribution in [3.05, 3.63) is 223 Å². The molecule has 6 heteroatoms. The van der Waals surface area contributed by atoms with Crippen molar-refractivity contribution in [1.29, 1.82) is 0 Å². The van der Waals surface area contributed by atoms with E-state index in [1.807, 2.05) is 124 Å². The van der Waals surface area contributed by atoms with Gasteiger partial charge in [0.25, 0.3) is 0 Å². The molecule has 1 aliphatic heterocycles. The second-order valence-corrected chi connectivity index (χ2v) is 22.8. The van der Waals surface area contributed by atoms with Crippen molar-refractivity contribution in [3.8, 4) is 50.7 Å². The third-order valence-corrected chi connectivity index (χ3v) is 15.2.